The summed E-state index contributed by atoms with van der Waals surface area (Å²) in [6.45, 7) is 1.47. The Hall–Kier alpha value is -2.53. The third-order valence-corrected chi connectivity index (χ3v) is 1.81. The molecule has 1 rings (SSSR count). The number of hydrogen-bond donors (Lipinski definition) is 0. The fourth-order valence-corrected chi connectivity index (χ4v) is 0.968. The summed E-state index contributed by atoms with van der Waals surface area (Å²) in [5, 5.41) is 24.1. The van der Waals surface area contributed by atoms with Gasteiger partial charge in [-0.05, 0) is 31.2 Å². The van der Waals surface area contributed by atoms with Crippen LogP contribution in [0.3, 0.4) is 0 Å². The van der Waals surface area contributed by atoms with Crippen molar-refractivity contribution in [2.45, 2.75) is 13.0 Å². The van der Waals surface area contributed by atoms with E-state index in [1.54, 1.807) is 36.4 Å². The van der Waals surface area contributed by atoms with Crippen molar-refractivity contribution in [3.05, 3.63) is 29.8 Å². The number of carbonyl (C=O) groups is 1. The van der Waals surface area contributed by atoms with E-state index >= 15 is 0 Å². The number of nitriles is 2. The summed E-state index contributed by atoms with van der Waals surface area (Å²) in [4.78, 5) is 11.0. The van der Waals surface area contributed by atoms with Gasteiger partial charge in [-0.2, -0.15) is 20.8 Å². The maximum Gasteiger partial charge on any atom is 0.242 e. The molecule has 0 aliphatic carbocycles. The number of carbonyl (C=O) groups excluding carboxylic acids is 1. The van der Waals surface area contributed by atoms with Gasteiger partial charge in [0.15, 0.2) is 5.78 Å². The first kappa shape index (κ1) is 11.5. The summed E-state index contributed by atoms with van der Waals surface area (Å²) in [5.74, 6) is -0.0320. The molecule has 0 amide bonds. The SMILES string of the molecule is CC(=O)c1ccc(N=NC(C#N)C#N)cc1. The van der Waals surface area contributed by atoms with Crippen LogP contribution in [-0.2, 0) is 0 Å². The van der Waals surface area contributed by atoms with Crippen molar-refractivity contribution in [1.29, 1.82) is 10.5 Å². The number of rotatable bonds is 3. The molecule has 0 atom stereocenters. The lowest BCUT2D eigenvalue weighted by Crippen LogP contribution is -1.92. The molecule has 0 N–H and O–H groups in total. The number of benzene rings is 1. The second-order valence-electron chi connectivity index (χ2n) is 2.98. The Morgan fingerprint density at radius 1 is 1.25 bits per heavy atom. The molecule has 1 aromatic carbocycles. The Balaban J connectivity index is 2.81. The highest BCUT2D eigenvalue weighted by molar-refractivity contribution is 5.94. The summed E-state index contributed by atoms with van der Waals surface area (Å²) in [7, 11) is 0. The number of ketones is 1. The van der Waals surface area contributed by atoms with Gasteiger partial charge >= 0.3 is 0 Å². The molecule has 0 aliphatic heterocycles. The molecule has 5 heteroatoms. The molecule has 1 aromatic rings. The van der Waals surface area contributed by atoms with Crippen LogP contribution >= 0.6 is 0 Å². The van der Waals surface area contributed by atoms with Gasteiger partial charge in [-0.1, -0.05) is 0 Å². The molecule has 0 heterocycles. The Bertz CT molecular complexity index is 476. The molecule has 0 saturated heterocycles. The zero-order valence-electron chi connectivity index (χ0n) is 8.58. The van der Waals surface area contributed by atoms with Gasteiger partial charge in [0, 0.05) is 5.56 Å². The summed E-state index contributed by atoms with van der Waals surface area (Å²) in [6.07, 6.45) is 0. The molecular formula is C11H8N4O. The topological polar surface area (TPSA) is 89.4 Å². The molecular weight excluding hydrogens is 204 g/mol. The standard InChI is InChI=1S/C11H8N4O/c1-8(16)9-2-4-10(5-3-9)14-15-11(6-12)7-13/h2-5,11H,1H3. The van der Waals surface area contributed by atoms with Crippen LogP contribution in [0.4, 0.5) is 5.69 Å². The molecule has 0 aromatic heterocycles. The average molecular weight is 212 g/mol. The van der Waals surface area contributed by atoms with E-state index in [0.717, 1.165) is 0 Å². The van der Waals surface area contributed by atoms with Gasteiger partial charge in [0.25, 0.3) is 0 Å². The van der Waals surface area contributed by atoms with Crippen molar-refractivity contribution in [2.75, 3.05) is 0 Å². The lowest BCUT2D eigenvalue weighted by atomic mass is 10.1. The number of hydrogen-bond acceptors (Lipinski definition) is 5. The van der Waals surface area contributed by atoms with Gasteiger partial charge in [0.05, 0.1) is 5.69 Å². The van der Waals surface area contributed by atoms with Crippen molar-refractivity contribution >= 4 is 11.5 Å². The molecule has 0 bridgehead atoms. The second kappa shape index (κ2) is 5.38. The minimum atomic E-state index is -1.09. The van der Waals surface area contributed by atoms with E-state index in [2.05, 4.69) is 10.2 Å². The van der Waals surface area contributed by atoms with E-state index < -0.39 is 6.04 Å². The van der Waals surface area contributed by atoms with Crippen LogP contribution in [0.1, 0.15) is 17.3 Å². The zero-order valence-corrected chi connectivity index (χ0v) is 8.58. The van der Waals surface area contributed by atoms with E-state index in [-0.39, 0.29) is 5.78 Å². The lowest BCUT2D eigenvalue weighted by molar-refractivity contribution is 0.101. The van der Waals surface area contributed by atoms with Crippen LogP contribution in [0.2, 0.25) is 0 Å². The Labute approximate surface area is 92.6 Å². The maximum atomic E-state index is 11.0. The highest BCUT2D eigenvalue weighted by atomic mass is 16.1. The first-order valence-electron chi connectivity index (χ1n) is 4.48. The van der Waals surface area contributed by atoms with Gasteiger partial charge in [-0.3, -0.25) is 4.79 Å². The molecule has 16 heavy (non-hydrogen) atoms. The predicted molar refractivity (Wildman–Crippen MR) is 56.0 cm³/mol. The van der Waals surface area contributed by atoms with Crippen molar-refractivity contribution in [2.24, 2.45) is 10.2 Å². The van der Waals surface area contributed by atoms with E-state index in [1.807, 2.05) is 0 Å². The summed E-state index contributed by atoms with van der Waals surface area (Å²) < 4.78 is 0. The van der Waals surface area contributed by atoms with Gasteiger partial charge in [-0.15, -0.1) is 0 Å². The molecule has 0 spiro atoms. The average Bonchev–Trinajstić information content (AvgIpc) is 2.31. The van der Waals surface area contributed by atoms with E-state index in [4.69, 9.17) is 10.5 Å². The van der Waals surface area contributed by atoms with Crippen LogP contribution in [0.15, 0.2) is 34.5 Å². The lowest BCUT2D eigenvalue weighted by Gasteiger charge is -1.95. The second-order valence-corrected chi connectivity index (χ2v) is 2.98. The van der Waals surface area contributed by atoms with Crippen molar-refractivity contribution in [3.63, 3.8) is 0 Å². The Morgan fingerprint density at radius 3 is 2.25 bits per heavy atom. The predicted octanol–water partition coefficient (Wildman–Crippen LogP) is 2.39. The van der Waals surface area contributed by atoms with Crippen molar-refractivity contribution < 1.29 is 4.79 Å². The summed E-state index contributed by atoms with van der Waals surface area (Å²) >= 11 is 0. The Morgan fingerprint density at radius 2 is 1.81 bits per heavy atom. The van der Waals surface area contributed by atoms with E-state index in [1.165, 1.54) is 6.92 Å². The quantitative estimate of drug-likeness (QED) is 0.569. The van der Waals surface area contributed by atoms with E-state index in [9.17, 15) is 4.79 Å². The van der Waals surface area contributed by atoms with Gasteiger partial charge in [0.2, 0.25) is 6.04 Å². The van der Waals surface area contributed by atoms with Crippen LogP contribution in [0, 0.1) is 22.7 Å². The van der Waals surface area contributed by atoms with Crippen molar-refractivity contribution in [3.8, 4) is 12.1 Å². The van der Waals surface area contributed by atoms with Gasteiger partial charge < -0.3 is 0 Å². The molecule has 0 aliphatic rings. The number of azo groups is 1. The third kappa shape index (κ3) is 3.00. The first-order valence-corrected chi connectivity index (χ1v) is 4.48. The maximum absolute atomic E-state index is 11.0. The fraction of sp³-hybridized carbons (Fsp3) is 0.182. The minimum Gasteiger partial charge on any atom is -0.295 e. The van der Waals surface area contributed by atoms with Gasteiger partial charge in [0.1, 0.15) is 12.1 Å². The highest BCUT2D eigenvalue weighted by Crippen LogP contribution is 2.14. The van der Waals surface area contributed by atoms with Crippen LogP contribution in [-0.4, -0.2) is 11.8 Å². The molecule has 0 unspecified atom stereocenters. The molecule has 0 saturated carbocycles. The van der Waals surface area contributed by atoms with Crippen LogP contribution < -0.4 is 0 Å². The van der Waals surface area contributed by atoms with E-state index in [0.29, 0.717) is 11.3 Å². The zero-order chi connectivity index (χ0) is 12.0. The monoisotopic (exact) mass is 212 g/mol. The fourth-order valence-electron chi connectivity index (χ4n) is 0.968. The van der Waals surface area contributed by atoms with Crippen molar-refractivity contribution in [1.82, 2.24) is 0 Å². The minimum absolute atomic E-state index is 0.0320. The molecule has 78 valence electrons. The Kier molecular flexibility index (Phi) is 3.88. The molecule has 0 fully saturated rings. The smallest absolute Gasteiger partial charge is 0.242 e. The van der Waals surface area contributed by atoms with Gasteiger partial charge in [-0.25, -0.2) is 0 Å². The third-order valence-electron chi connectivity index (χ3n) is 1.81. The first-order chi connectivity index (χ1) is 7.67. The normalized spacial score (nSPS) is 10.0. The largest absolute Gasteiger partial charge is 0.295 e. The molecule has 5 nitrogen and oxygen atoms in total. The number of Topliss-reactive ketones (excluding diaryl/α,β-unsaturated/α-hetero) is 1. The highest BCUT2D eigenvalue weighted by Gasteiger charge is 2.01. The van der Waals surface area contributed by atoms with Crippen LogP contribution in [0.5, 0.6) is 0 Å². The summed E-state index contributed by atoms with van der Waals surface area (Å²) in [6, 6.07) is 8.70. The summed E-state index contributed by atoms with van der Waals surface area (Å²) in [5.41, 5.74) is 1.08. The molecule has 0 radical (unpaired) electrons. The van der Waals surface area contributed by atoms with Crippen LogP contribution in [0.25, 0.3) is 0 Å². The number of nitrogens with zero attached hydrogens (tertiary/aromatic N) is 4.